The smallest absolute Gasteiger partial charge is 0.120 e. The van der Waals surface area contributed by atoms with Gasteiger partial charge in [0, 0.05) is 5.56 Å². The van der Waals surface area contributed by atoms with Crippen molar-refractivity contribution < 1.29 is 4.74 Å². The van der Waals surface area contributed by atoms with Gasteiger partial charge >= 0.3 is 0 Å². The van der Waals surface area contributed by atoms with E-state index in [4.69, 9.17) is 11.2 Å². The molecule has 0 heterocycles. The van der Waals surface area contributed by atoms with E-state index < -0.39 is 0 Å². The molecule has 1 aromatic carbocycles. The average Bonchev–Trinajstić information content (AvgIpc) is 2.19. The van der Waals surface area contributed by atoms with E-state index in [0.717, 1.165) is 30.8 Å². The van der Waals surface area contributed by atoms with Crippen molar-refractivity contribution in [1.82, 2.24) is 0 Å². The molecule has 0 fully saturated rings. The number of benzene rings is 1. The Morgan fingerprint density at radius 2 is 2.31 bits per heavy atom. The van der Waals surface area contributed by atoms with Crippen LogP contribution in [0.1, 0.15) is 25.3 Å². The highest BCUT2D eigenvalue weighted by Crippen LogP contribution is 2.12. The molecule has 0 aliphatic heterocycles. The zero-order valence-corrected chi connectivity index (χ0v) is 7.92. The third-order valence-electron chi connectivity index (χ3n) is 1.77. The molecule has 0 saturated carbocycles. The van der Waals surface area contributed by atoms with Crippen molar-refractivity contribution in [2.75, 3.05) is 6.61 Å². The second-order valence-electron chi connectivity index (χ2n) is 2.87. The molecule has 0 spiro atoms. The number of hydrogen-bond donors (Lipinski definition) is 0. The lowest BCUT2D eigenvalue weighted by Gasteiger charge is -2.04. The second-order valence-corrected chi connectivity index (χ2v) is 2.87. The van der Waals surface area contributed by atoms with Gasteiger partial charge in [-0.25, -0.2) is 0 Å². The maximum absolute atomic E-state index is 5.49. The molecule has 0 saturated heterocycles. The quantitative estimate of drug-likeness (QED) is 0.504. The van der Waals surface area contributed by atoms with Gasteiger partial charge < -0.3 is 4.74 Å². The zero-order chi connectivity index (χ0) is 9.52. The molecule has 1 aromatic rings. The van der Waals surface area contributed by atoms with Crippen LogP contribution in [-0.2, 0) is 0 Å². The lowest BCUT2D eigenvalue weighted by molar-refractivity contribution is 0.309. The van der Waals surface area contributed by atoms with Crippen LogP contribution in [0.15, 0.2) is 24.3 Å². The predicted molar refractivity (Wildman–Crippen MR) is 54.8 cm³/mol. The van der Waals surface area contributed by atoms with Gasteiger partial charge in [-0.1, -0.05) is 25.3 Å². The Morgan fingerprint density at radius 3 is 3.00 bits per heavy atom. The number of hydrogen-bond acceptors (Lipinski definition) is 1. The standard InChI is InChI=1S/C12H14O/c1-3-5-9-13-12-8-6-7-11(4-2)10-12/h2,6-8,10H,3,5,9H2,1H3. The minimum absolute atomic E-state index is 0.768. The van der Waals surface area contributed by atoms with E-state index in [1.807, 2.05) is 24.3 Å². The van der Waals surface area contributed by atoms with Crippen molar-refractivity contribution in [3.8, 4) is 18.1 Å². The van der Waals surface area contributed by atoms with E-state index in [-0.39, 0.29) is 0 Å². The van der Waals surface area contributed by atoms with E-state index in [9.17, 15) is 0 Å². The van der Waals surface area contributed by atoms with Crippen molar-refractivity contribution in [1.29, 1.82) is 0 Å². The van der Waals surface area contributed by atoms with Crippen LogP contribution in [-0.4, -0.2) is 6.61 Å². The molecule has 0 N–H and O–H groups in total. The highest BCUT2D eigenvalue weighted by atomic mass is 16.5. The average molecular weight is 174 g/mol. The first-order valence-electron chi connectivity index (χ1n) is 4.56. The summed E-state index contributed by atoms with van der Waals surface area (Å²) in [5.41, 5.74) is 0.869. The first-order chi connectivity index (χ1) is 6.36. The van der Waals surface area contributed by atoms with Gasteiger partial charge in [0.2, 0.25) is 0 Å². The Morgan fingerprint density at radius 1 is 1.46 bits per heavy atom. The Hall–Kier alpha value is -1.42. The van der Waals surface area contributed by atoms with Crippen LogP contribution in [0.4, 0.5) is 0 Å². The topological polar surface area (TPSA) is 9.23 Å². The zero-order valence-electron chi connectivity index (χ0n) is 7.92. The van der Waals surface area contributed by atoms with Crippen LogP contribution in [0.3, 0.4) is 0 Å². The van der Waals surface area contributed by atoms with Gasteiger partial charge in [-0.05, 0) is 24.6 Å². The summed E-state index contributed by atoms with van der Waals surface area (Å²) in [5, 5.41) is 0. The van der Waals surface area contributed by atoms with Gasteiger partial charge in [0.05, 0.1) is 6.61 Å². The Labute approximate surface area is 79.7 Å². The SMILES string of the molecule is C#Cc1cccc(OCCCC)c1. The van der Waals surface area contributed by atoms with Crippen LogP contribution in [0, 0.1) is 12.3 Å². The highest BCUT2D eigenvalue weighted by molar-refractivity contribution is 5.38. The summed E-state index contributed by atoms with van der Waals surface area (Å²) in [5.74, 6) is 3.44. The Balaban J connectivity index is 2.52. The summed E-state index contributed by atoms with van der Waals surface area (Å²) in [6.07, 6.45) is 7.50. The minimum Gasteiger partial charge on any atom is -0.494 e. The van der Waals surface area contributed by atoms with Crippen LogP contribution in [0.5, 0.6) is 5.75 Å². The highest BCUT2D eigenvalue weighted by Gasteiger charge is 1.93. The molecule has 0 aliphatic carbocycles. The van der Waals surface area contributed by atoms with E-state index in [1.165, 1.54) is 0 Å². The number of ether oxygens (including phenoxy) is 1. The number of unbranched alkanes of at least 4 members (excludes halogenated alkanes) is 1. The van der Waals surface area contributed by atoms with Gasteiger partial charge in [-0.2, -0.15) is 0 Å². The lowest BCUT2D eigenvalue weighted by atomic mass is 10.2. The van der Waals surface area contributed by atoms with Crippen LogP contribution in [0.2, 0.25) is 0 Å². The number of rotatable bonds is 4. The first-order valence-corrected chi connectivity index (χ1v) is 4.56. The molecule has 68 valence electrons. The van der Waals surface area contributed by atoms with Crippen molar-refractivity contribution >= 4 is 0 Å². The van der Waals surface area contributed by atoms with Crippen LogP contribution < -0.4 is 4.74 Å². The summed E-state index contributed by atoms with van der Waals surface area (Å²) in [6, 6.07) is 7.62. The molecular formula is C12H14O. The molecule has 0 amide bonds. The summed E-state index contributed by atoms with van der Waals surface area (Å²) in [4.78, 5) is 0. The largest absolute Gasteiger partial charge is 0.494 e. The molecule has 13 heavy (non-hydrogen) atoms. The molecule has 1 rings (SSSR count). The molecule has 0 bridgehead atoms. The van der Waals surface area contributed by atoms with Crippen molar-refractivity contribution in [2.24, 2.45) is 0 Å². The van der Waals surface area contributed by atoms with Crippen LogP contribution >= 0.6 is 0 Å². The maximum Gasteiger partial charge on any atom is 0.120 e. The molecule has 1 heteroatoms. The fraction of sp³-hybridized carbons (Fsp3) is 0.333. The van der Waals surface area contributed by atoms with Gasteiger partial charge in [-0.15, -0.1) is 6.42 Å². The Kier molecular flexibility index (Phi) is 3.92. The van der Waals surface area contributed by atoms with E-state index in [0.29, 0.717) is 0 Å². The minimum atomic E-state index is 0.768. The van der Waals surface area contributed by atoms with Crippen molar-refractivity contribution in [3.63, 3.8) is 0 Å². The fourth-order valence-electron chi connectivity index (χ4n) is 1.01. The summed E-state index contributed by atoms with van der Waals surface area (Å²) < 4.78 is 5.49. The predicted octanol–water partition coefficient (Wildman–Crippen LogP) is 2.85. The van der Waals surface area contributed by atoms with Gasteiger partial charge in [0.15, 0.2) is 0 Å². The summed E-state index contributed by atoms with van der Waals surface area (Å²) in [7, 11) is 0. The molecule has 0 radical (unpaired) electrons. The van der Waals surface area contributed by atoms with E-state index in [2.05, 4.69) is 12.8 Å². The summed E-state index contributed by atoms with van der Waals surface area (Å²) in [6.45, 7) is 2.91. The fourth-order valence-corrected chi connectivity index (χ4v) is 1.01. The van der Waals surface area contributed by atoms with Gasteiger partial charge in [0.1, 0.15) is 5.75 Å². The molecule has 0 aromatic heterocycles. The lowest BCUT2D eigenvalue weighted by Crippen LogP contribution is -1.96. The molecule has 1 nitrogen and oxygen atoms in total. The van der Waals surface area contributed by atoms with E-state index in [1.54, 1.807) is 0 Å². The molecule has 0 unspecified atom stereocenters. The number of terminal acetylenes is 1. The van der Waals surface area contributed by atoms with Gasteiger partial charge in [0.25, 0.3) is 0 Å². The van der Waals surface area contributed by atoms with Crippen molar-refractivity contribution in [3.05, 3.63) is 29.8 Å². The normalized spacial score (nSPS) is 9.23. The Bertz CT molecular complexity index is 296. The molecule has 0 atom stereocenters. The monoisotopic (exact) mass is 174 g/mol. The molecular weight excluding hydrogens is 160 g/mol. The molecule has 0 aliphatic rings. The van der Waals surface area contributed by atoms with Gasteiger partial charge in [-0.3, -0.25) is 0 Å². The first kappa shape index (κ1) is 9.67. The van der Waals surface area contributed by atoms with Crippen molar-refractivity contribution in [2.45, 2.75) is 19.8 Å². The summed E-state index contributed by atoms with van der Waals surface area (Å²) >= 11 is 0. The second kappa shape index (κ2) is 5.27. The third kappa shape index (κ3) is 3.21. The maximum atomic E-state index is 5.49. The van der Waals surface area contributed by atoms with Crippen LogP contribution in [0.25, 0.3) is 0 Å². The third-order valence-corrected chi connectivity index (χ3v) is 1.77. The van der Waals surface area contributed by atoms with E-state index >= 15 is 0 Å².